The molecule has 2 aromatic carbocycles. The van der Waals surface area contributed by atoms with Crippen LogP contribution in [0.1, 0.15) is 5.56 Å². The fraction of sp³-hybridized carbons (Fsp3) is 0.304. The normalized spacial score (nSPS) is 15.9. The largest absolute Gasteiger partial charge is 0.486 e. The molecule has 3 heterocycles. The molecular weight excluding hydrogens is 380 g/mol. The predicted molar refractivity (Wildman–Crippen MR) is 117 cm³/mol. The van der Waals surface area contributed by atoms with Gasteiger partial charge in [0.2, 0.25) is 0 Å². The maximum Gasteiger partial charge on any atom is 0.322 e. The first-order valence-corrected chi connectivity index (χ1v) is 10.2. The molecule has 30 heavy (non-hydrogen) atoms. The van der Waals surface area contributed by atoms with E-state index < -0.39 is 0 Å². The van der Waals surface area contributed by atoms with Crippen molar-refractivity contribution in [2.75, 3.05) is 49.6 Å². The van der Waals surface area contributed by atoms with E-state index in [0.29, 0.717) is 43.5 Å². The first kappa shape index (κ1) is 18.5. The van der Waals surface area contributed by atoms with Crippen molar-refractivity contribution in [1.29, 1.82) is 0 Å². The molecule has 7 nitrogen and oxygen atoms in total. The summed E-state index contributed by atoms with van der Waals surface area (Å²) >= 11 is 0. The lowest BCUT2D eigenvalue weighted by Crippen LogP contribution is -2.50. The number of anilines is 2. The number of ether oxygens (including phenoxy) is 2. The Morgan fingerprint density at radius 2 is 1.87 bits per heavy atom. The van der Waals surface area contributed by atoms with Crippen molar-refractivity contribution in [3.05, 3.63) is 54.2 Å². The number of carbonyl (C=O) groups is 1. The quantitative estimate of drug-likeness (QED) is 0.706. The molecule has 5 rings (SSSR count). The summed E-state index contributed by atoms with van der Waals surface area (Å²) in [6, 6.07) is 13.8. The second kappa shape index (κ2) is 7.74. The molecule has 0 spiro atoms. The molecule has 0 radical (unpaired) electrons. The number of hydrogen-bond acceptors (Lipinski definition) is 5. The summed E-state index contributed by atoms with van der Waals surface area (Å²) in [7, 11) is 0. The molecule has 3 aromatic rings. The molecule has 2 amide bonds. The van der Waals surface area contributed by atoms with Crippen molar-refractivity contribution in [2.24, 2.45) is 0 Å². The van der Waals surface area contributed by atoms with Gasteiger partial charge in [0.1, 0.15) is 13.2 Å². The lowest BCUT2D eigenvalue weighted by molar-refractivity contribution is 0.172. The maximum atomic E-state index is 12.8. The minimum Gasteiger partial charge on any atom is -0.486 e. The van der Waals surface area contributed by atoms with Crippen molar-refractivity contribution in [3.8, 4) is 11.5 Å². The number of nitrogens with zero attached hydrogens (tertiary/aromatic N) is 3. The number of nitrogens with one attached hydrogen (secondary N) is 1. The van der Waals surface area contributed by atoms with Crippen LogP contribution in [0.4, 0.5) is 16.2 Å². The zero-order valence-electron chi connectivity index (χ0n) is 16.9. The molecule has 0 unspecified atom stereocenters. The first-order valence-electron chi connectivity index (χ1n) is 10.2. The Hall–Kier alpha value is -3.48. The Balaban J connectivity index is 1.27. The van der Waals surface area contributed by atoms with Gasteiger partial charge >= 0.3 is 6.03 Å². The molecule has 1 saturated heterocycles. The SMILES string of the molecule is Cc1ccc2c(N3CCN(C(=O)Nc4cccc5c4OCCO5)CC3)ccnc2c1. The number of rotatable bonds is 2. The fourth-order valence-electron chi connectivity index (χ4n) is 4.04. The molecule has 1 fully saturated rings. The van der Waals surface area contributed by atoms with Crippen LogP contribution in [0.15, 0.2) is 48.7 Å². The Morgan fingerprint density at radius 1 is 1.03 bits per heavy atom. The van der Waals surface area contributed by atoms with Crippen molar-refractivity contribution in [2.45, 2.75) is 6.92 Å². The molecule has 1 N–H and O–H groups in total. The molecule has 0 atom stereocenters. The lowest BCUT2D eigenvalue weighted by Gasteiger charge is -2.36. The fourth-order valence-corrected chi connectivity index (χ4v) is 4.04. The highest BCUT2D eigenvalue weighted by Gasteiger charge is 2.24. The van der Waals surface area contributed by atoms with Gasteiger partial charge in [-0.05, 0) is 36.8 Å². The Labute approximate surface area is 175 Å². The van der Waals surface area contributed by atoms with Crippen LogP contribution < -0.4 is 19.7 Å². The summed E-state index contributed by atoms with van der Waals surface area (Å²) in [5.41, 5.74) is 4.02. The molecule has 7 heteroatoms. The van der Waals surface area contributed by atoms with E-state index in [4.69, 9.17) is 9.47 Å². The first-order chi connectivity index (χ1) is 14.7. The third-order valence-corrected chi connectivity index (χ3v) is 5.59. The van der Waals surface area contributed by atoms with E-state index in [9.17, 15) is 4.79 Å². The minimum atomic E-state index is -0.118. The molecule has 0 aliphatic carbocycles. The van der Waals surface area contributed by atoms with Crippen LogP contribution >= 0.6 is 0 Å². The molecule has 2 aliphatic rings. The van der Waals surface area contributed by atoms with Gasteiger partial charge < -0.3 is 24.6 Å². The molecule has 0 saturated carbocycles. The van der Waals surface area contributed by atoms with Gasteiger partial charge in [0.15, 0.2) is 11.5 Å². The number of aryl methyl sites for hydroxylation is 1. The number of urea groups is 1. The minimum absolute atomic E-state index is 0.118. The summed E-state index contributed by atoms with van der Waals surface area (Å²) in [5.74, 6) is 1.28. The van der Waals surface area contributed by atoms with Crippen LogP contribution in [0.5, 0.6) is 11.5 Å². The van der Waals surface area contributed by atoms with E-state index in [1.807, 2.05) is 29.3 Å². The van der Waals surface area contributed by atoms with Gasteiger partial charge in [0.25, 0.3) is 0 Å². The zero-order chi connectivity index (χ0) is 20.5. The number of fused-ring (bicyclic) bond motifs is 2. The summed E-state index contributed by atoms with van der Waals surface area (Å²) in [4.78, 5) is 21.5. The summed E-state index contributed by atoms with van der Waals surface area (Å²) in [6.07, 6.45) is 1.86. The summed E-state index contributed by atoms with van der Waals surface area (Å²) in [5, 5.41) is 4.13. The number of aromatic nitrogens is 1. The van der Waals surface area contributed by atoms with Crippen LogP contribution in [0, 0.1) is 6.92 Å². The highest BCUT2D eigenvalue weighted by molar-refractivity contribution is 5.93. The van der Waals surface area contributed by atoms with Gasteiger partial charge in [-0.1, -0.05) is 18.2 Å². The van der Waals surface area contributed by atoms with Crippen molar-refractivity contribution in [3.63, 3.8) is 0 Å². The van der Waals surface area contributed by atoms with Crippen LogP contribution in [0.25, 0.3) is 10.9 Å². The molecular formula is C23H24N4O3. The smallest absolute Gasteiger partial charge is 0.322 e. The van der Waals surface area contributed by atoms with Crippen molar-refractivity contribution < 1.29 is 14.3 Å². The second-order valence-corrected chi connectivity index (χ2v) is 7.58. The van der Waals surface area contributed by atoms with Crippen LogP contribution in [0.3, 0.4) is 0 Å². The highest BCUT2D eigenvalue weighted by atomic mass is 16.6. The Morgan fingerprint density at radius 3 is 2.73 bits per heavy atom. The molecule has 0 bridgehead atoms. The topological polar surface area (TPSA) is 66.9 Å². The van der Waals surface area contributed by atoms with Crippen LogP contribution in [-0.4, -0.2) is 55.3 Å². The van der Waals surface area contributed by atoms with Crippen molar-refractivity contribution >= 4 is 28.3 Å². The third kappa shape index (κ3) is 3.47. The Bertz CT molecular complexity index is 1090. The predicted octanol–water partition coefficient (Wildman–Crippen LogP) is 3.67. The number of benzene rings is 2. The van der Waals surface area contributed by atoms with Gasteiger partial charge in [0.05, 0.1) is 11.2 Å². The van der Waals surface area contributed by atoms with Gasteiger partial charge in [-0.25, -0.2) is 4.79 Å². The molecule has 154 valence electrons. The summed E-state index contributed by atoms with van der Waals surface area (Å²) < 4.78 is 11.3. The van der Waals surface area contributed by atoms with Gasteiger partial charge in [-0.2, -0.15) is 0 Å². The van der Waals surface area contributed by atoms with E-state index in [0.717, 1.165) is 24.0 Å². The van der Waals surface area contributed by atoms with E-state index in [2.05, 4.69) is 46.4 Å². The van der Waals surface area contributed by atoms with Crippen molar-refractivity contribution in [1.82, 2.24) is 9.88 Å². The maximum absolute atomic E-state index is 12.8. The average molecular weight is 404 g/mol. The van der Waals surface area contributed by atoms with Crippen LogP contribution in [0.2, 0.25) is 0 Å². The van der Waals surface area contributed by atoms with E-state index in [1.165, 1.54) is 11.3 Å². The number of hydrogen-bond donors (Lipinski definition) is 1. The number of carbonyl (C=O) groups excluding carboxylic acids is 1. The van der Waals surface area contributed by atoms with Gasteiger partial charge in [0, 0.05) is 43.4 Å². The number of para-hydroxylation sites is 1. The third-order valence-electron chi connectivity index (χ3n) is 5.59. The zero-order valence-corrected chi connectivity index (χ0v) is 16.9. The monoisotopic (exact) mass is 404 g/mol. The standard InChI is InChI=1S/C23H24N4O3/c1-16-5-6-17-19(15-16)24-8-7-20(17)26-9-11-27(12-10-26)23(28)25-18-3-2-4-21-22(18)30-14-13-29-21/h2-8,15H,9-14H2,1H3,(H,25,28). The van der Waals surface area contributed by atoms with Crippen LogP contribution in [-0.2, 0) is 0 Å². The van der Waals surface area contributed by atoms with E-state index >= 15 is 0 Å². The average Bonchev–Trinajstić information content (AvgIpc) is 2.79. The Kier molecular flexibility index (Phi) is 4.78. The van der Waals surface area contributed by atoms with E-state index in [-0.39, 0.29) is 6.03 Å². The number of pyridine rings is 1. The highest BCUT2D eigenvalue weighted by Crippen LogP contribution is 2.37. The second-order valence-electron chi connectivity index (χ2n) is 7.58. The lowest BCUT2D eigenvalue weighted by atomic mass is 10.1. The molecule has 1 aromatic heterocycles. The number of amides is 2. The molecule has 2 aliphatic heterocycles. The number of piperazine rings is 1. The van der Waals surface area contributed by atoms with E-state index in [1.54, 1.807) is 0 Å². The summed E-state index contributed by atoms with van der Waals surface area (Å²) in [6.45, 7) is 5.92. The van der Waals surface area contributed by atoms with Gasteiger partial charge in [-0.3, -0.25) is 4.98 Å². The van der Waals surface area contributed by atoms with Gasteiger partial charge in [-0.15, -0.1) is 0 Å².